The normalized spacial score (nSPS) is 23.5. The zero-order valence-corrected chi connectivity index (χ0v) is 13.2. The fourth-order valence-corrected chi connectivity index (χ4v) is 2.69. The molecule has 0 saturated heterocycles. The van der Waals surface area contributed by atoms with Crippen molar-refractivity contribution in [3.63, 3.8) is 0 Å². The molecule has 19 heavy (non-hydrogen) atoms. The zero-order chi connectivity index (χ0) is 14.0. The van der Waals surface area contributed by atoms with Crippen LogP contribution in [-0.4, -0.2) is 12.6 Å². The number of aryl methyl sites for hydroxylation is 1. The van der Waals surface area contributed by atoms with Crippen molar-refractivity contribution < 1.29 is 0 Å². The van der Waals surface area contributed by atoms with Gasteiger partial charge >= 0.3 is 0 Å². The van der Waals surface area contributed by atoms with E-state index in [0.717, 1.165) is 24.4 Å². The highest BCUT2D eigenvalue weighted by Crippen LogP contribution is 2.38. The SMILES string of the molecule is Cc1ccccc1C1CC(NCC(C)(C)C(C)C)C1. The fraction of sp³-hybridized carbons (Fsp3) is 0.667. The first kappa shape index (κ1) is 14.6. The van der Waals surface area contributed by atoms with Gasteiger partial charge in [0.25, 0.3) is 0 Å². The highest BCUT2D eigenvalue weighted by Gasteiger charge is 2.32. The van der Waals surface area contributed by atoms with Gasteiger partial charge in [-0.15, -0.1) is 0 Å². The molecule has 0 aromatic heterocycles. The van der Waals surface area contributed by atoms with Crippen molar-refractivity contribution >= 4 is 0 Å². The lowest BCUT2D eigenvalue weighted by molar-refractivity contribution is 0.197. The van der Waals surface area contributed by atoms with E-state index in [1.54, 1.807) is 5.56 Å². The fourth-order valence-electron chi connectivity index (χ4n) is 2.69. The topological polar surface area (TPSA) is 12.0 Å². The van der Waals surface area contributed by atoms with Gasteiger partial charge < -0.3 is 5.32 Å². The lowest BCUT2D eigenvalue weighted by Crippen LogP contribution is -2.45. The van der Waals surface area contributed by atoms with Gasteiger partial charge in [0.1, 0.15) is 0 Å². The van der Waals surface area contributed by atoms with Crippen LogP contribution in [0.15, 0.2) is 24.3 Å². The van der Waals surface area contributed by atoms with Crippen LogP contribution in [0, 0.1) is 18.3 Å². The Kier molecular flexibility index (Phi) is 4.35. The summed E-state index contributed by atoms with van der Waals surface area (Å²) in [6.45, 7) is 12.7. The van der Waals surface area contributed by atoms with Crippen molar-refractivity contribution in [2.45, 2.75) is 59.4 Å². The molecule has 2 rings (SSSR count). The number of benzene rings is 1. The first-order valence-electron chi connectivity index (χ1n) is 7.69. The van der Waals surface area contributed by atoms with Gasteiger partial charge in [-0.25, -0.2) is 0 Å². The molecular weight excluding hydrogens is 230 g/mol. The molecule has 1 N–H and O–H groups in total. The highest BCUT2D eigenvalue weighted by atomic mass is 14.9. The third kappa shape index (κ3) is 3.39. The largest absolute Gasteiger partial charge is 0.313 e. The van der Waals surface area contributed by atoms with Gasteiger partial charge in [-0.3, -0.25) is 0 Å². The molecule has 1 aliphatic carbocycles. The molecule has 0 amide bonds. The molecule has 0 atom stereocenters. The van der Waals surface area contributed by atoms with Crippen molar-refractivity contribution in [2.75, 3.05) is 6.54 Å². The van der Waals surface area contributed by atoms with Gasteiger partial charge in [0.2, 0.25) is 0 Å². The summed E-state index contributed by atoms with van der Waals surface area (Å²) in [7, 11) is 0. The maximum atomic E-state index is 3.76. The molecule has 1 nitrogen and oxygen atoms in total. The smallest absolute Gasteiger partial charge is 0.00789 e. The summed E-state index contributed by atoms with van der Waals surface area (Å²) in [5.41, 5.74) is 3.41. The Bertz CT molecular complexity index is 413. The number of hydrogen-bond donors (Lipinski definition) is 1. The second kappa shape index (κ2) is 5.66. The summed E-state index contributed by atoms with van der Waals surface area (Å²) in [5, 5.41) is 3.76. The van der Waals surface area contributed by atoms with Crippen molar-refractivity contribution in [3.8, 4) is 0 Å². The van der Waals surface area contributed by atoms with Gasteiger partial charge in [-0.2, -0.15) is 0 Å². The van der Waals surface area contributed by atoms with E-state index in [-0.39, 0.29) is 0 Å². The molecule has 1 aromatic rings. The van der Waals surface area contributed by atoms with E-state index in [1.165, 1.54) is 18.4 Å². The maximum absolute atomic E-state index is 3.76. The van der Waals surface area contributed by atoms with Crippen LogP contribution >= 0.6 is 0 Å². The van der Waals surface area contributed by atoms with Crippen LogP contribution in [0.25, 0.3) is 0 Å². The van der Waals surface area contributed by atoms with Gasteiger partial charge in [-0.1, -0.05) is 52.0 Å². The minimum Gasteiger partial charge on any atom is -0.313 e. The summed E-state index contributed by atoms with van der Waals surface area (Å²) in [6, 6.07) is 9.57. The molecule has 0 aliphatic heterocycles. The van der Waals surface area contributed by atoms with Crippen LogP contribution < -0.4 is 5.32 Å². The number of rotatable bonds is 5. The van der Waals surface area contributed by atoms with E-state index in [9.17, 15) is 0 Å². The predicted octanol–water partition coefficient (Wildman–Crippen LogP) is 4.51. The van der Waals surface area contributed by atoms with Crippen LogP contribution in [0.3, 0.4) is 0 Å². The molecule has 1 aromatic carbocycles. The second-order valence-corrected chi connectivity index (χ2v) is 7.25. The summed E-state index contributed by atoms with van der Waals surface area (Å²) < 4.78 is 0. The summed E-state index contributed by atoms with van der Waals surface area (Å²) >= 11 is 0. The molecular formula is C18H29N. The Morgan fingerprint density at radius 2 is 1.84 bits per heavy atom. The van der Waals surface area contributed by atoms with Crippen LogP contribution in [0.1, 0.15) is 57.6 Å². The molecule has 1 fully saturated rings. The Morgan fingerprint density at radius 1 is 1.21 bits per heavy atom. The standard InChI is InChI=1S/C18H29N/c1-13(2)18(4,5)12-19-16-10-15(11-16)17-9-7-6-8-14(17)3/h6-9,13,15-16,19H,10-12H2,1-5H3. The quantitative estimate of drug-likeness (QED) is 0.820. The molecule has 0 unspecified atom stereocenters. The van der Waals surface area contributed by atoms with Gasteiger partial charge in [0.15, 0.2) is 0 Å². The van der Waals surface area contributed by atoms with Crippen molar-refractivity contribution in [2.24, 2.45) is 11.3 Å². The Morgan fingerprint density at radius 3 is 2.42 bits per heavy atom. The van der Waals surface area contributed by atoms with E-state index in [2.05, 4.69) is 64.2 Å². The Hall–Kier alpha value is -0.820. The maximum Gasteiger partial charge on any atom is 0.00789 e. The molecule has 1 aliphatic rings. The molecule has 0 bridgehead atoms. The average molecular weight is 259 g/mol. The van der Waals surface area contributed by atoms with E-state index in [1.807, 2.05) is 0 Å². The lowest BCUT2D eigenvalue weighted by atomic mass is 9.73. The second-order valence-electron chi connectivity index (χ2n) is 7.25. The van der Waals surface area contributed by atoms with Crippen molar-refractivity contribution in [3.05, 3.63) is 35.4 Å². The first-order valence-corrected chi connectivity index (χ1v) is 7.69. The first-order chi connectivity index (χ1) is 8.90. The highest BCUT2D eigenvalue weighted by molar-refractivity contribution is 5.31. The minimum atomic E-state index is 0.397. The van der Waals surface area contributed by atoms with E-state index in [0.29, 0.717) is 5.41 Å². The van der Waals surface area contributed by atoms with Gasteiger partial charge in [-0.05, 0) is 48.1 Å². The molecule has 106 valence electrons. The summed E-state index contributed by atoms with van der Waals surface area (Å²) in [4.78, 5) is 0. The van der Waals surface area contributed by atoms with Crippen LogP contribution in [0.2, 0.25) is 0 Å². The molecule has 0 spiro atoms. The molecule has 0 radical (unpaired) electrons. The van der Waals surface area contributed by atoms with Crippen molar-refractivity contribution in [1.82, 2.24) is 5.32 Å². The Labute approximate surface area is 118 Å². The molecule has 0 heterocycles. The zero-order valence-electron chi connectivity index (χ0n) is 13.2. The van der Waals surface area contributed by atoms with Crippen LogP contribution in [-0.2, 0) is 0 Å². The lowest BCUT2D eigenvalue weighted by Gasteiger charge is -2.40. The van der Waals surface area contributed by atoms with Crippen LogP contribution in [0.5, 0.6) is 0 Å². The van der Waals surface area contributed by atoms with Gasteiger partial charge in [0, 0.05) is 12.6 Å². The van der Waals surface area contributed by atoms with E-state index >= 15 is 0 Å². The Balaban J connectivity index is 1.80. The molecule has 1 saturated carbocycles. The van der Waals surface area contributed by atoms with Gasteiger partial charge in [0.05, 0.1) is 0 Å². The summed E-state index contributed by atoms with van der Waals surface area (Å²) in [5.74, 6) is 1.51. The molecule has 1 heteroatoms. The summed E-state index contributed by atoms with van der Waals surface area (Å²) in [6.07, 6.45) is 2.61. The number of nitrogens with one attached hydrogen (secondary N) is 1. The van der Waals surface area contributed by atoms with Crippen molar-refractivity contribution in [1.29, 1.82) is 0 Å². The van der Waals surface area contributed by atoms with E-state index < -0.39 is 0 Å². The minimum absolute atomic E-state index is 0.397. The number of hydrogen-bond acceptors (Lipinski definition) is 1. The van der Waals surface area contributed by atoms with E-state index in [4.69, 9.17) is 0 Å². The average Bonchev–Trinajstić information content (AvgIpc) is 2.29. The van der Waals surface area contributed by atoms with Crippen LogP contribution in [0.4, 0.5) is 0 Å². The third-order valence-corrected chi connectivity index (χ3v) is 5.18. The monoisotopic (exact) mass is 259 g/mol. The third-order valence-electron chi connectivity index (χ3n) is 5.18. The predicted molar refractivity (Wildman–Crippen MR) is 83.6 cm³/mol.